The summed E-state index contributed by atoms with van der Waals surface area (Å²) in [6, 6.07) is 17.0. The molecule has 0 spiro atoms. The number of ether oxygens (including phenoxy) is 3. The number of rotatable bonds is 4. The van der Waals surface area contributed by atoms with Crippen molar-refractivity contribution < 1.29 is 19.0 Å². The molecule has 2 aliphatic heterocycles. The summed E-state index contributed by atoms with van der Waals surface area (Å²) in [6.45, 7) is 1.73. The molecule has 3 aromatic rings. The van der Waals surface area contributed by atoms with Crippen molar-refractivity contribution in [3.63, 3.8) is 0 Å². The van der Waals surface area contributed by atoms with Crippen molar-refractivity contribution in [3.8, 4) is 17.2 Å². The Balaban J connectivity index is 1.45. The quantitative estimate of drug-likeness (QED) is 0.616. The lowest BCUT2D eigenvalue weighted by atomic mass is 10.0. The number of fused-ring (bicyclic) bond motifs is 3. The van der Waals surface area contributed by atoms with Crippen molar-refractivity contribution >= 4 is 11.9 Å². The van der Waals surface area contributed by atoms with Gasteiger partial charge in [-0.15, -0.1) is 0 Å². The Morgan fingerprint density at radius 1 is 1.13 bits per heavy atom. The summed E-state index contributed by atoms with van der Waals surface area (Å²) in [6.07, 6.45) is 3.51. The van der Waals surface area contributed by atoms with Crippen molar-refractivity contribution in [1.29, 1.82) is 0 Å². The second-order valence-corrected chi connectivity index (χ2v) is 7.18. The van der Waals surface area contributed by atoms with Crippen LogP contribution in [0.5, 0.6) is 17.2 Å². The fourth-order valence-corrected chi connectivity index (χ4v) is 3.75. The molecule has 30 heavy (non-hydrogen) atoms. The van der Waals surface area contributed by atoms with Crippen molar-refractivity contribution in [2.24, 2.45) is 0 Å². The summed E-state index contributed by atoms with van der Waals surface area (Å²) in [4.78, 5) is 19.5. The van der Waals surface area contributed by atoms with Gasteiger partial charge in [0.1, 0.15) is 24.0 Å². The van der Waals surface area contributed by atoms with E-state index in [2.05, 4.69) is 9.88 Å². The van der Waals surface area contributed by atoms with Gasteiger partial charge in [0.15, 0.2) is 5.76 Å². The maximum atomic E-state index is 13.0. The number of hydrogen-bond acceptors (Lipinski definition) is 6. The van der Waals surface area contributed by atoms with Gasteiger partial charge >= 0.3 is 0 Å². The molecular weight excluding hydrogens is 380 g/mol. The number of pyridine rings is 1. The maximum Gasteiger partial charge on any atom is 0.231 e. The van der Waals surface area contributed by atoms with Gasteiger partial charge in [0.2, 0.25) is 5.78 Å². The molecule has 0 N–H and O–H groups in total. The second kappa shape index (κ2) is 7.65. The van der Waals surface area contributed by atoms with E-state index < -0.39 is 0 Å². The number of methoxy groups -OCH3 is 1. The highest BCUT2D eigenvalue weighted by atomic mass is 16.5. The number of Topliss-reactive ketones (excluding diaryl/α,β-unsaturated/α-hetero) is 1. The van der Waals surface area contributed by atoms with Crippen LogP contribution < -0.4 is 14.2 Å². The third kappa shape index (κ3) is 3.31. The first-order valence-corrected chi connectivity index (χ1v) is 9.71. The monoisotopic (exact) mass is 400 g/mol. The zero-order valence-electron chi connectivity index (χ0n) is 16.5. The van der Waals surface area contributed by atoms with Gasteiger partial charge in [-0.1, -0.05) is 24.3 Å². The summed E-state index contributed by atoms with van der Waals surface area (Å²) >= 11 is 0. The first-order valence-electron chi connectivity index (χ1n) is 9.71. The van der Waals surface area contributed by atoms with Crippen molar-refractivity contribution in [2.45, 2.75) is 13.1 Å². The lowest BCUT2D eigenvalue weighted by Crippen LogP contribution is -2.32. The molecule has 0 saturated carbocycles. The molecule has 0 atom stereocenters. The predicted molar refractivity (Wildman–Crippen MR) is 111 cm³/mol. The fourth-order valence-electron chi connectivity index (χ4n) is 3.75. The molecule has 150 valence electrons. The lowest BCUT2D eigenvalue weighted by molar-refractivity contribution is 0.0861. The number of aromatic nitrogens is 1. The van der Waals surface area contributed by atoms with Gasteiger partial charge in [0.05, 0.1) is 23.9 Å². The number of benzene rings is 2. The standard InChI is InChI=1S/C24H20N2O4/c1-28-20-8-3-2-6-16(20)12-22-23(27)18-9-10-21-19(24(18)30-22)14-26(15-29-21)13-17-7-4-5-11-25-17/h2-12H,13-15H2,1H3. The first kappa shape index (κ1) is 18.4. The Morgan fingerprint density at radius 3 is 2.83 bits per heavy atom. The van der Waals surface area contributed by atoms with Crippen molar-refractivity contribution in [3.05, 3.63) is 88.9 Å². The average molecular weight is 400 g/mol. The number of carbonyl (C=O) groups excluding carboxylic acids is 1. The maximum absolute atomic E-state index is 13.0. The van der Waals surface area contributed by atoms with E-state index in [1.54, 1.807) is 25.4 Å². The van der Waals surface area contributed by atoms with Crippen LogP contribution in [0.15, 0.2) is 66.6 Å². The average Bonchev–Trinajstić information content (AvgIpc) is 3.11. The van der Waals surface area contributed by atoms with E-state index in [9.17, 15) is 4.79 Å². The molecule has 0 aliphatic carbocycles. The molecule has 6 nitrogen and oxygen atoms in total. The van der Waals surface area contributed by atoms with Crippen LogP contribution in [0.3, 0.4) is 0 Å². The number of hydrogen-bond donors (Lipinski definition) is 0. The van der Waals surface area contributed by atoms with Gasteiger partial charge in [-0.05, 0) is 36.4 Å². The molecule has 5 rings (SSSR count). The summed E-state index contributed by atoms with van der Waals surface area (Å²) in [5, 5.41) is 0. The van der Waals surface area contributed by atoms with Crippen LogP contribution >= 0.6 is 0 Å². The largest absolute Gasteiger partial charge is 0.496 e. The fraction of sp³-hybridized carbons (Fsp3) is 0.167. The molecule has 0 saturated heterocycles. The van der Waals surface area contributed by atoms with Crippen LogP contribution in [0.1, 0.15) is 27.2 Å². The third-order valence-corrected chi connectivity index (χ3v) is 5.22. The zero-order valence-corrected chi connectivity index (χ0v) is 16.5. The molecule has 3 heterocycles. The van der Waals surface area contributed by atoms with E-state index >= 15 is 0 Å². The van der Waals surface area contributed by atoms with E-state index in [-0.39, 0.29) is 11.5 Å². The van der Waals surface area contributed by atoms with Gasteiger partial charge < -0.3 is 14.2 Å². The van der Waals surface area contributed by atoms with E-state index in [1.165, 1.54) is 0 Å². The molecular formula is C24H20N2O4. The van der Waals surface area contributed by atoms with Crippen molar-refractivity contribution in [2.75, 3.05) is 13.8 Å². The van der Waals surface area contributed by atoms with Crippen LogP contribution in [0, 0.1) is 0 Å². The minimum absolute atomic E-state index is 0.138. The molecule has 0 amide bonds. The van der Waals surface area contributed by atoms with Crippen LogP contribution in [0.4, 0.5) is 0 Å². The normalized spacial score (nSPS) is 16.6. The first-order chi connectivity index (χ1) is 14.7. The SMILES string of the molecule is COc1ccccc1C=C1Oc2c(ccc3c2CN(Cc2ccccn2)CO3)C1=O. The Labute approximate surface area is 174 Å². The summed E-state index contributed by atoms with van der Waals surface area (Å²) < 4.78 is 17.4. The minimum Gasteiger partial charge on any atom is -0.496 e. The second-order valence-electron chi connectivity index (χ2n) is 7.18. The lowest BCUT2D eigenvalue weighted by Gasteiger charge is -2.29. The zero-order chi connectivity index (χ0) is 20.5. The number of nitrogens with zero attached hydrogens (tertiary/aromatic N) is 2. The van der Waals surface area contributed by atoms with Crippen LogP contribution in [0.2, 0.25) is 0 Å². The summed E-state index contributed by atoms with van der Waals surface area (Å²) in [5.41, 5.74) is 3.19. The molecule has 6 heteroatoms. The van der Waals surface area contributed by atoms with Crippen molar-refractivity contribution in [1.82, 2.24) is 9.88 Å². The van der Waals surface area contributed by atoms with Gasteiger partial charge in [0, 0.05) is 24.8 Å². The molecule has 0 fully saturated rings. The van der Waals surface area contributed by atoms with Gasteiger partial charge in [0.25, 0.3) is 0 Å². The van der Waals surface area contributed by atoms with E-state index in [0.717, 1.165) is 22.6 Å². The highest BCUT2D eigenvalue weighted by Gasteiger charge is 2.33. The Hall–Kier alpha value is -3.64. The molecule has 2 aliphatic rings. The Bertz CT molecular complexity index is 1140. The number of para-hydroxylation sites is 1. The van der Waals surface area contributed by atoms with E-state index in [0.29, 0.717) is 36.9 Å². The van der Waals surface area contributed by atoms with E-state index in [1.807, 2.05) is 48.5 Å². The Morgan fingerprint density at radius 2 is 2.00 bits per heavy atom. The minimum atomic E-state index is -0.138. The van der Waals surface area contributed by atoms with E-state index in [4.69, 9.17) is 14.2 Å². The van der Waals surface area contributed by atoms with Gasteiger partial charge in [-0.3, -0.25) is 14.7 Å². The highest BCUT2D eigenvalue weighted by Crippen LogP contribution is 2.42. The smallest absolute Gasteiger partial charge is 0.231 e. The molecule has 0 unspecified atom stereocenters. The topological polar surface area (TPSA) is 60.9 Å². The van der Waals surface area contributed by atoms with Crippen LogP contribution in [-0.4, -0.2) is 29.5 Å². The Kier molecular flexibility index (Phi) is 4.69. The summed E-state index contributed by atoms with van der Waals surface area (Å²) in [5.74, 6) is 2.15. The highest BCUT2D eigenvalue weighted by molar-refractivity contribution is 6.15. The van der Waals surface area contributed by atoms with Crippen LogP contribution in [0.25, 0.3) is 6.08 Å². The molecule has 0 radical (unpaired) electrons. The summed E-state index contributed by atoms with van der Waals surface area (Å²) in [7, 11) is 1.60. The van der Waals surface area contributed by atoms with Gasteiger partial charge in [-0.25, -0.2) is 0 Å². The predicted octanol–water partition coefficient (Wildman–Crippen LogP) is 4.06. The third-order valence-electron chi connectivity index (χ3n) is 5.22. The van der Waals surface area contributed by atoms with Crippen LogP contribution in [-0.2, 0) is 13.1 Å². The molecule has 0 bridgehead atoms. The molecule has 1 aromatic heterocycles. The molecule has 2 aromatic carbocycles. The number of carbonyl (C=O) groups is 1. The number of ketones is 1. The number of allylic oxidation sites excluding steroid dienone is 1. The van der Waals surface area contributed by atoms with Gasteiger partial charge in [-0.2, -0.15) is 0 Å².